The number of carbonyl (C=O) groups is 1. The Bertz CT molecular complexity index is 371. The summed E-state index contributed by atoms with van der Waals surface area (Å²) in [5, 5.41) is 0. The van der Waals surface area contributed by atoms with Crippen LogP contribution in [0.1, 0.15) is 47.0 Å². The molecule has 1 heteroatoms. The van der Waals surface area contributed by atoms with Gasteiger partial charge < -0.3 is 0 Å². The van der Waals surface area contributed by atoms with Gasteiger partial charge >= 0.3 is 0 Å². The van der Waals surface area contributed by atoms with E-state index in [2.05, 4.69) is 26.8 Å². The molecule has 0 radical (unpaired) electrons. The number of allylic oxidation sites excluding steroid dienone is 4. The summed E-state index contributed by atoms with van der Waals surface area (Å²) in [5.41, 5.74) is 3.90. The maximum absolute atomic E-state index is 11.8. The summed E-state index contributed by atoms with van der Waals surface area (Å²) >= 11 is 0. The highest BCUT2D eigenvalue weighted by Crippen LogP contribution is 2.41. The Morgan fingerprint density at radius 3 is 2.69 bits per heavy atom. The highest BCUT2D eigenvalue weighted by molar-refractivity contribution is 5.99. The van der Waals surface area contributed by atoms with Crippen LogP contribution in [0, 0.1) is 17.8 Å². The highest BCUT2D eigenvalue weighted by Gasteiger charge is 2.34. The molecule has 0 aromatic rings. The van der Waals surface area contributed by atoms with E-state index in [1.54, 1.807) is 0 Å². The SMILES string of the molecule is CC1=C2C=C(C(C)C)CC[C@@H](C)[C@@H]2CC1=O. The number of hydrogen-bond donors (Lipinski definition) is 0. The van der Waals surface area contributed by atoms with Crippen molar-refractivity contribution in [2.45, 2.75) is 47.0 Å². The second-order valence-electron chi connectivity index (χ2n) is 5.70. The third-order valence-corrected chi connectivity index (χ3v) is 4.31. The average molecular weight is 218 g/mol. The summed E-state index contributed by atoms with van der Waals surface area (Å²) in [5.74, 6) is 2.14. The van der Waals surface area contributed by atoms with E-state index >= 15 is 0 Å². The van der Waals surface area contributed by atoms with Crippen LogP contribution in [0.4, 0.5) is 0 Å². The third-order valence-electron chi connectivity index (χ3n) is 4.31. The van der Waals surface area contributed by atoms with Crippen molar-refractivity contribution in [1.29, 1.82) is 0 Å². The van der Waals surface area contributed by atoms with Crippen LogP contribution in [0.15, 0.2) is 22.8 Å². The van der Waals surface area contributed by atoms with Crippen LogP contribution in [-0.2, 0) is 4.79 Å². The first-order valence-corrected chi connectivity index (χ1v) is 6.45. The molecular weight excluding hydrogens is 196 g/mol. The molecule has 0 heterocycles. The second kappa shape index (κ2) is 4.20. The van der Waals surface area contributed by atoms with Crippen LogP contribution >= 0.6 is 0 Å². The number of fused-ring (bicyclic) bond motifs is 1. The van der Waals surface area contributed by atoms with E-state index in [1.165, 1.54) is 24.0 Å². The van der Waals surface area contributed by atoms with E-state index in [9.17, 15) is 4.79 Å². The molecule has 0 amide bonds. The fraction of sp³-hybridized carbons (Fsp3) is 0.667. The summed E-state index contributed by atoms with van der Waals surface area (Å²) in [4.78, 5) is 11.8. The van der Waals surface area contributed by atoms with Gasteiger partial charge in [0.2, 0.25) is 0 Å². The molecule has 2 rings (SSSR count). The van der Waals surface area contributed by atoms with Gasteiger partial charge in [-0.05, 0) is 48.7 Å². The molecule has 88 valence electrons. The number of ketones is 1. The first-order valence-electron chi connectivity index (χ1n) is 6.45. The third kappa shape index (κ3) is 1.88. The standard InChI is InChI=1S/C15H22O/c1-9(2)12-6-5-10(3)13-8-15(16)11(4)14(13)7-12/h7,9-10,13H,5-6,8H2,1-4H3/t10-,13+/m1/s1. The zero-order valence-corrected chi connectivity index (χ0v) is 10.8. The lowest BCUT2D eigenvalue weighted by molar-refractivity contribution is -0.115. The van der Waals surface area contributed by atoms with Crippen LogP contribution in [0.5, 0.6) is 0 Å². The largest absolute Gasteiger partial charge is 0.295 e. The van der Waals surface area contributed by atoms with E-state index in [4.69, 9.17) is 0 Å². The molecule has 2 aliphatic rings. The summed E-state index contributed by atoms with van der Waals surface area (Å²) in [6.07, 6.45) is 5.53. The lowest BCUT2D eigenvalue weighted by atomic mass is 9.87. The highest BCUT2D eigenvalue weighted by atomic mass is 16.1. The molecule has 2 atom stereocenters. The Labute approximate surface area is 98.6 Å². The molecule has 2 aliphatic carbocycles. The quantitative estimate of drug-likeness (QED) is 0.652. The Balaban J connectivity index is 2.42. The van der Waals surface area contributed by atoms with Crippen LogP contribution in [-0.4, -0.2) is 5.78 Å². The Hall–Kier alpha value is -0.850. The maximum Gasteiger partial charge on any atom is 0.159 e. The van der Waals surface area contributed by atoms with Crippen molar-refractivity contribution in [3.05, 3.63) is 22.8 Å². The van der Waals surface area contributed by atoms with Crippen molar-refractivity contribution in [1.82, 2.24) is 0 Å². The molecule has 0 saturated heterocycles. The minimum absolute atomic E-state index is 0.369. The van der Waals surface area contributed by atoms with E-state index in [1.807, 2.05) is 6.92 Å². The summed E-state index contributed by atoms with van der Waals surface area (Å²) in [6, 6.07) is 0. The maximum atomic E-state index is 11.8. The van der Waals surface area contributed by atoms with Gasteiger partial charge in [-0.3, -0.25) is 4.79 Å². The molecule has 0 aliphatic heterocycles. The van der Waals surface area contributed by atoms with Crippen LogP contribution in [0.25, 0.3) is 0 Å². The minimum atomic E-state index is 0.369. The molecule has 0 bridgehead atoms. The van der Waals surface area contributed by atoms with E-state index in [-0.39, 0.29) is 0 Å². The normalized spacial score (nSPS) is 30.6. The van der Waals surface area contributed by atoms with Gasteiger partial charge in [-0.25, -0.2) is 0 Å². The fourth-order valence-electron chi connectivity index (χ4n) is 2.95. The Morgan fingerprint density at radius 1 is 1.38 bits per heavy atom. The number of rotatable bonds is 1. The molecule has 0 unspecified atom stereocenters. The zero-order chi connectivity index (χ0) is 11.9. The van der Waals surface area contributed by atoms with E-state index in [0.717, 1.165) is 12.0 Å². The molecule has 1 nitrogen and oxygen atoms in total. The summed E-state index contributed by atoms with van der Waals surface area (Å²) in [6.45, 7) is 8.81. The van der Waals surface area contributed by atoms with Gasteiger partial charge in [0.1, 0.15) is 0 Å². The topological polar surface area (TPSA) is 17.1 Å². The molecular formula is C15H22O. The Kier molecular flexibility index (Phi) is 3.05. The number of hydrogen-bond acceptors (Lipinski definition) is 1. The second-order valence-corrected chi connectivity index (χ2v) is 5.70. The van der Waals surface area contributed by atoms with Gasteiger partial charge in [-0.15, -0.1) is 0 Å². The number of carbonyl (C=O) groups excluding carboxylic acids is 1. The first-order chi connectivity index (χ1) is 7.50. The van der Waals surface area contributed by atoms with Gasteiger partial charge in [0.15, 0.2) is 5.78 Å². The van der Waals surface area contributed by atoms with Crippen molar-refractivity contribution in [2.24, 2.45) is 17.8 Å². The molecule has 0 fully saturated rings. The fourth-order valence-corrected chi connectivity index (χ4v) is 2.95. The average Bonchev–Trinajstić information content (AvgIpc) is 2.42. The van der Waals surface area contributed by atoms with Gasteiger partial charge in [0.25, 0.3) is 0 Å². The molecule has 0 aromatic heterocycles. The van der Waals surface area contributed by atoms with Crippen LogP contribution < -0.4 is 0 Å². The molecule has 0 saturated carbocycles. The minimum Gasteiger partial charge on any atom is -0.295 e. The van der Waals surface area contributed by atoms with Crippen LogP contribution in [0.3, 0.4) is 0 Å². The van der Waals surface area contributed by atoms with Gasteiger partial charge in [-0.1, -0.05) is 32.4 Å². The molecule has 0 spiro atoms. The first kappa shape index (κ1) is 11.6. The van der Waals surface area contributed by atoms with Gasteiger partial charge in [0.05, 0.1) is 0 Å². The number of Topliss-reactive ketones (excluding diaryl/α,β-unsaturated/α-hetero) is 1. The van der Waals surface area contributed by atoms with Crippen molar-refractivity contribution in [2.75, 3.05) is 0 Å². The predicted molar refractivity (Wildman–Crippen MR) is 67.1 cm³/mol. The van der Waals surface area contributed by atoms with E-state index < -0.39 is 0 Å². The monoisotopic (exact) mass is 218 g/mol. The van der Waals surface area contributed by atoms with Crippen molar-refractivity contribution < 1.29 is 4.79 Å². The van der Waals surface area contributed by atoms with Gasteiger partial charge in [0, 0.05) is 6.42 Å². The lowest BCUT2D eigenvalue weighted by Crippen LogP contribution is -2.10. The van der Waals surface area contributed by atoms with Crippen LogP contribution in [0.2, 0.25) is 0 Å². The molecule has 0 N–H and O–H groups in total. The Morgan fingerprint density at radius 2 is 2.06 bits per heavy atom. The molecule has 0 aromatic carbocycles. The smallest absolute Gasteiger partial charge is 0.159 e. The van der Waals surface area contributed by atoms with E-state index in [0.29, 0.717) is 23.5 Å². The van der Waals surface area contributed by atoms with Gasteiger partial charge in [-0.2, -0.15) is 0 Å². The van der Waals surface area contributed by atoms with Crippen molar-refractivity contribution in [3.8, 4) is 0 Å². The van der Waals surface area contributed by atoms with Crippen molar-refractivity contribution in [3.63, 3.8) is 0 Å². The molecule has 16 heavy (non-hydrogen) atoms. The summed E-state index contributed by atoms with van der Waals surface area (Å²) < 4.78 is 0. The van der Waals surface area contributed by atoms with Crippen molar-refractivity contribution >= 4 is 5.78 Å². The predicted octanol–water partition coefficient (Wildman–Crippen LogP) is 3.90. The zero-order valence-electron chi connectivity index (χ0n) is 10.8. The lowest BCUT2D eigenvalue weighted by Gasteiger charge is -2.17. The summed E-state index contributed by atoms with van der Waals surface area (Å²) in [7, 11) is 0.